The van der Waals surface area contributed by atoms with Crippen LogP contribution in [0.3, 0.4) is 0 Å². The van der Waals surface area contributed by atoms with E-state index in [2.05, 4.69) is 5.32 Å². The van der Waals surface area contributed by atoms with Crippen molar-refractivity contribution >= 4 is 35.5 Å². The summed E-state index contributed by atoms with van der Waals surface area (Å²) in [5.41, 5.74) is 15.8. The number of hydrogen-bond donors (Lipinski definition) is 7. The molecule has 1 heterocycles. The highest BCUT2D eigenvalue weighted by atomic mass is 16.4. The van der Waals surface area contributed by atoms with Crippen molar-refractivity contribution < 1.29 is 39.0 Å². The third-order valence-corrected chi connectivity index (χ3v) is 4.69. The van der Waals surface area contributed by atoms with Crippen molar-refractivity contribution in [2.24, 2.45) is 17.2 Å². The minimum atomic E-state index is -1.64. The maximum Gasteiger partial charge on any atom is 0.326 e. The predicted molar refractivity (Wildman–Crippen MR) is 104 cm³/mol. The van der Waals surface area contributed by atoms with Gasteiger partial charge in [-0.25, -0.2) is 4.79 Å². The van der Waals surface area contributed by atoms with Crippen LogP contribution >= 0.6 is 0 Å². The zero-order valence-electron chi connectivity index (χ0n) is 16.8. The molecule has 0 saturated carbocycles. The molecule has 4 unspecified atom stereocenters. The summed E-state index contributed by atoms with van der Waals surface area (Å²) in [5.74, 6) is -5.46. The van der Waals surface area contributed by atoms with Gasteiger partial charge in [-0.15, -0.1) is 0 Å². The molecular formula is C17H28N6O8. The van der Waals surface area contributed by atoms with Crippen molar-refractivity contribution in [3.8, 4) is 0 Å². The van der Waals surface area contributed by atoms with Gasteiger partial charge in [0.1, 0.15) is 18.1 Å². The molecule has 0 aromatic carbocycles. The average molecular weight is 444 g/mol. The number of nitrogens with one attached hydrogen (secondary N) is 2. The molecule has 0 bridgehead atoms. The Morgan fingerprint density at radius 3 is 2.19 bits per heavy atom. The molecule has 1 aliphatic heterocycles. The first-order valence-corrected chi connectivity index (χ1v) is 9.55. The molecule has 1 rings (SSSR count). The lowest BCUT2D eigenvalue weighted by Crippen LogP contribution is -2.57. The van der Waals surface area contributed by atoms with Gasteiger partial charge in [-0.3, -0.25) is 24.0 Å². The molecule has 5 amide bonds. The van der Waals surface area contributed by atoms with E-state index in [1.165, 1.54) is 4.90 Å². The molecule has 0 aromatic rings. The molecule has 14 heteroatoms. The standard InChI is InChI=1S/C17H28N6O8/c18-8(3-4-12(19)25)16(29)23-5-1-2-11(23)15(28)22-10(7-24)14(27)21-9(17(30)31)6-13(20)26/h8-11,24H,1-7,18H2,(H2,19,25)(H2,20,26)(H,21,27)(H,22,28)(H,30,31). The van der Waals surface area contributed by atoms with E-state index in [1.54, 1.807) is 0 Å². The van der Waals surface area contributed by atoms with E-state index in [4.69, 9.17) is 22.3 Å². The molecule has 0 radical (unpaired) electrons. The monoisotopic (exact) mass is 444 g/mol. The summed E-state index contributed by atoms with van der Waals surface area (Å²) in [7, 11) is 0. The Morgan fingerprint density at radius 1 is 1.03 bits per heavy atom. The summed E-state index contributed by atoms with van der Waals surface area (Å²) < 4.78 is 0. The molecule has 4 atom stereocenters. The van der Waals surface area contributed by atoms with E-state index in [0.717, 1.165) is 0 Å². The minimum absolute atomic E-state index is 0.0110. The molecule has 1 saturated heterocycles. The van der Waals surface area contributed by atoms with E-state index in [0.29, 0.717) is 6.42 Å². The van der Waals surface area contributed by atoms with Gasteiger partial charge in [0.25, 0.3) is 0 Å². The second kappa shape index (κ2) is 11.8. The molecule has 1 fully saturated rings. The van der Waals surface area contributed by atoms with Crippen LogP contribution < -0.4 is 27.8 Å². The summed E-state index contributed by atoms with van der Waals surface area (Å²) in [6, 6.07) is -5.16. The van der Waals surface area contributed by atoms with E-state index in [-0.39, 0.29) is 25.8 Å². The van der Waals surface area contributed by atoms with Gasteiger partial charge < -0.3 is 42.9 Å². The number of aliphatic hydroxyl groups excluding tert-OH is 1. The minimum Gasteiger partial charge on any atom is -0.480 e. The number of carboxylic acids is 1. The number of nitrogens with two attached hydrogens (primary N) is 3. The molecule has 1 aliphatic rings. The summed E-state index contributed by atoms with van der Waals surface area (Å²) in [5, 5.41) is 22.8. The van der Waals surface area contributed by atoms with Crippen molar-refractivity contribution in [3.05, 3.63) is 0 Å². The Balaban J connectivity index is 2.78. The summed E-state index contributed by atoms with van der Waals surface area (Å²) >= 11 is 0. The van der Waals surface area contributed by atoms with E-state index < -0.39 is 72.7 Å². The second-order valence-electron chi connectivity index (χ2n) is 7.11. The van der Waals surface area contributed by atoms with Gasteiger partial charge >= 0.3 is 5.97 Å². The number of nitrogens with zero attached hydrogens (tertiary/aromatic N) is 1. The number of hydrogen-bond acceptors (Lipinski definition) is 8. The van der Waals surface area contributed by atoms with E-state index in [1.807, 2.05) is 5.32 Å². The number of carbonyl (C=O) groups is 6. The first kappa shape index (κ1) is 25.8. The molecule has 0 aliphatic carbocycles. The SMILES string of the molecule is NC(=O)CCC(N)C(=O)N1CCCC1C(=O)NC(CO)C(=O)NC(CC(N)=O)C(=O)O. The predicted octanol–water partition coefficient (Wildman–Crippen LogP) is -4.51. The second-order valence-corrected chi connectivity index (χ2v) is 7.11. The summed E-state index contributed by atoms with van der Waals surface area (Å²) in [6.45, 7) is -0.629. The largest absolute Gasteiger partial charge is 0.480 e. The van der Waals surface area contributed by atoms with Crippen LogP contribution in [0.2, 0.25) is 0 Å². The topological polar surface area (TPSA) is 248 Å². The number of rotatable bonds is 12. The third kappa shape index (κ3) is 7.82. The molecule has 0 aromatic heterocycles. The van der Waals surface area contributed by atoms with Crippen LogP contribution in [0.4, 0.5) is 0 Å². The Morgan fingerprint density at radius 2 is 1.68 bits per heavy atom. The highest BCUT2D eigenvalue weighted by Crippen LogP contribution is 2.19. The third-order valence-electron chi connectivity index (χ3n) is 4.69. The van der Waals surface area contributed by atoms with Gasteiger partial charge in [0.05, 0.1) is 19.1 Å². The quantitative estimate of drug-likeness (QED) is 0.153. The van der Waals surface area contributed by atoms with E-state index in [9.17, 15) is 33.9 Å². The van der Waals surface area contributed by atoms with Gasteiger partial charge in [0.15, 0.2) is 0 Å². The van der Waals surface area contributed by atoms with Crippen LogP contribution in [-0.4, -0.2) is 87.9 Å². The van der Waals surface area contributed by atoms with Crippen LogP contribution in [0.5, 0.6) is 0 Å². The first-order chi connectivity index (χ1) is 14.5. The number of carboxylic acid groups (broad SMARTS) is 1. The summed E-state index contributed by atoms with van der Waals surface area (Å²) in [6.07, 6.45) is 0.000155. The lowest BCUT2D eigenvalue weighted by Gasteiger charge is -2.28. The number of carbonyl (C=O) groups excluding carboxylic acids is 5. The smallest absolute Gasteiger partial charge is 0.326 e. The Bertz CT molecular complexity index is 729. The zero-order valence-corrected chi connectivity index (χ0v) is 16.8. The van der Waals surface area contributed by atoms with Gasteiger partial charge in [0, 0.05) is 13.0 Å². The van der Waals surface area contributed by atoms with Crippen molar-refractivity contribution in [1.29, 1.82) is 0 Å². The molecule has 31 heavy (non-hydrogen) atoms. The Labute approximate surface area is 177 Å². The summed E-state index contributed by atoms with van der Waals surface area (Å²) in [4.78, 5) is 71.5. The number of primary amides is 2. The highest BCUT2D eigenvalue weighted by Gasteiger charge is 2.37. The maximum absolute atomic E-state index is 12.6. The fraction of sp³-hybridized carbons (Fsp3) is 0.647. The molecule has 174 valence electrons. The Hall–Kier alpha value is -3.26. The molecule has 0 spiro atoms. The van der Waals surface area contributed by atoms with Gasteiger partial charge in [-0.1, -0.05) is 0 Å². The number of aliphatic carboxylic acids is 1. The van der Waals surface area contributed by atoms with Gasteiger partial charge in [-0.2, -0.15) is 0 Å². The van der Waals surface area contributed by atoms with E-state index >= 15 is 0 Å². The Kier molecular flexibility index (Phi) is 9.82. The van der Waals surface area contributed by atoms with Gasteiger partial charge in [-0.05, 0) is 19.3 Å². The number of likely N-dealkylation sites (tertiary alicyclic amines) is 1. The van der Waals surface area contributed by atoms with Crippen LogP contribution in [0.25, 0.3) is 0 Å². The maximum atomic E-state index is 12.6. The van der Waals surface area contributed by atoms with Crippen LogP contribution in [0, 0.1) is 0 Å². The van der Waals surface area contributed by atoms with Crippen LogP contribution in [0.1, 0.15) is 32.1 Å². The number of aliphatic hydroxyl groups is 1. The van der Waals surface area contributed by atoms with Crippen molar-refractivity contribution in [2.45, 2.75) is 56.3 Å². The van der Waals surface area contributed by atoms with Crippen molar-refractivity contribution in [1.82, 2.24) is 15.5 Å². The number of amides is 5. The van der Waals surface area contributed by atoms with Gasteiger partial charge in [0.2, 0.25) is 29.5 Å². The molecular weight excluding hydrogens is 416 g/mol. The molecule has 10 N–H and O–H groups in total. The zero-order chi connectivity index (χ0) is 23.7. The van der Waals surface area contributed by atoms with Crippen molar-refractivity contribution in [2.75, 3.05) is 13.2 Å². The fourth-order valence-corrected chi connectivity index (χ4v) is 3.07. The van der Waals surface area contributed by atoms with Crippen LogP contribution in [0.15, 0.2) is 0 Å². The first-order valence-electron chi connectivity index (χ1n) is 9.55. The van der Waals surface area contributed by atoms with Crippen LogP contribution in [-0.2, 0) is 28.8 Å². The lowest BCUT2D eigenvalue weighted by molar-refractivity contribution is -0.144. The fourth-order valence-electron chi connectivity index (χ4n) is 3.07. The highest BCUT2D eigenvalue weighted by molar-refractivity contribution is 5.95. The molecule has 14 nitrogen and oxygen atoms in total. The lowest BCUT2D eigenvalue weighted by atomic mass is 10.1. The van der Waals surface area contributed by atoms with Crippen molar-refractivity contribution in [3.63, 3.8) is 0 Å². The average Bonchev–Trinajstić information content (AvgIpc) is 3.18. The normalized spacial score (nSPS) is 18.5.